The van der Waals surface area contributed by atoms with E-state index >= 15 is 0 Å². The van der Waals surface area contributed by atoms with Gasteiger partial charge >= 0.3 is 0 Å². The number of thioether (sulfide) groups is 1. The molecular formula is C11H19NS. The van der Waals surface area contributed by atoms with Crippen LogP contribution in [0.4, 0.5) is 0 Å². The Morgan fingerprint density at radius 3 is 2.77 bits per heavy atom. The van der Waals surface area contributed by atoms with E-state index in [1.54, 1.807) is 0 Å². The third-order valence-corrected chi connectivity index (χ3v) is 4.07. The number of nitrogens with two attached hydrogens (primary N) is 1. The molecular weight excluding hydrogens is 178 g/mol. The van der Waals surface area contributed by atoms with E-state index in [4.69, 9.17) is 12.2 Å². The summed E-state index contributed by atoms with van der Waals surface area (Å²) in [4.78, 5) is 0. The number of rotatable bonds is 5. The zero-order valence-corrected chi connectivity index (χ0v) is 8.98. The van der Waals surface area contributed by atoms with Crippen LogP contribution in [0.2, 0.25) is 0 Å². The molecule has 2 heteroatoms. The van der Waals surface area contributed by atoms with Crippen LogP contribution < -0.4 is 5.73 Å². The van der Waals surface area contributed by atoms with Crippen molar-refractivity contribution in [1.82, 2.24) is 0 Å². The zero-order chi connectivity index (χ0) is 9.52. The lowest BCUT2D eigenvalue weighted by Gasteiger charge is -2.13. The molecule has 0 aliphatic heterocycles. The van der Waals surface area contributed by atoms with Crippen molar-refractivity contribution in [2.45, 2.75) is 49.8 Å². The second-order valence-electron chi connectivity index (χ2n) is 3.74. The molecule has 2 N–H and O–H groups in total. The lowest BCUT2D eigenvalue weighted by atomic mass is 10.2. The Labute approximate surface area is 85.8 Å². The van der Waals surface area contributed by atoms with E-state index in [0.717, 1.165) is 23.8 Å². The number of hydrogen-bond donors (Lipinski definition) is 1. The van der Waals surface area contributed by atoms with Crippen molar-refractivity contribution in [3.63, 3.8) is 0 Å². The van der Waals surface area contributed by atoms with Crippen LogP contribution in [0, 0.1) is 12.3 Å². The largest absolute Gasteiger partial charge is 0.327 e. The van der Waals surface area contributed by atoms with Crippen molar-refractivity contribution >= 4 is 11.8 Å². The van der Waals surface area contributed by atoms with Crippen molar-refractivity contribution in [3.8, 4) is 12.3 Å². The molecule has 1 unspecified atom stereocenters. The lowest BCUT2D eigenvalue weighted by molar-refractivity contribution is 0.690. The molecule has 1 saturated carbocycles. The summed E-state index contributed by atoms with van der Waals surface area (Å²) in [6, 6.07) is 0.307. The quantitative estimate of drug-likeness (QED) is 0.685. The van der Waals surface area contributed by atoms with E-state index in [1.807, 2.05) is 11.8 Å². The van der Waals surface area contributed by atoms with Crippen LogP contribution in [-0.2, 0) is 0 Å². The highest BCUT2D eigenvalue weighted by Gasteiger charge is 2.16. The van der Waals surface area contributed by atoms with Gasteiger partial charge in [0.05, 0.1) is 0 Å². The SMILES string of the molecule is C#CCCC(N)CSC1CCCC1. The molecule has 0 aromatic heterocycles. The highest BCUT2D eigenvalue weighted by atomic mass is 32.2. The fourth-order valence-corrected chi connectivity index (χ4v) is 3.02. The molecule has 0 radical (unpaired) electrons. The predicted molar refractivity (Wildman–Crippen MR) is 60.8 cm³/mol. The van der Waals surface area contributed by atoms with Crippen molar-refractivity contribution in [3.05, 3.63) is 0 Å². The van der Waals surface area contributed by atoms with Gasteiger partial charge in [-0.05, 0) is 19.3 Å². The number of hydrogen-bond acceptors (Lipinski definition) is 2. The highest BCUT2D eigenvalue weighted by molar-refractivity contribution is 7.99. The zero-order valence-electron chi connectivity index (χ0n) is 8.17. The molecule has 1 rings (SSSR count). The van der Waals surface area contributed by atoms with Crippen LogP contribution in [0.1, 0.15) is 38.5 Å². The fraction of sp³-hybridized carbons (Fsp3) is 0.818. The van der Waals surface area contributed by atoms with Gasteiger partial charge in [-0.25, -0.2) is 0 Å². The van der Waals surface area contributed by atoms with Gasteiger partial charge in [0.15, 0.2) is 0 Å². The van der Waals surface area contributed by atoms with Crippen molar-refractivity contribution < 1.29 is 0 Å². The minimum Gasteiger partial charge on any atom is -0.327 e. The first kappa shape index (κ1) is 10.9. The van der Waals surface area contributed by atoms with Crippen LogP contribution in [0.25, 0.3) is 0 Å². The molecule has 1 atom stereocenters. The molecule has 1 aliphatic carbocycles. The van der Waals surface area contributed by atoms with E-state index in [0.29, 0.717) is 6.04 Å². The predicted octanol–water partition coefficient (Wildman–Crippen LogP) is 2.40. The van der Waals surface area contributed by atoms with E-state index in [1.165, 1.54) is 25.7 Å². The maximum absolute atomic E-state index is 5.92. The summed E-state index contributed by atoms with van der Waals surface area (Å²) >= 11 is 2.05. The monoisotopic (exact) mass is 197 g/mol. The Balaban J connectivity index is 2.00. The first-order valence-electron chi connectivity index (χ1n) is 5.13. The summed E-state index contributed by atoms with van der Waals surface area (Å²) in [5.74, 6) is 3.73. The molecule has 0 heterocycles. The molecule has 1 aliphatic rings. The van der Waals surface area contributed by atoms with E-state index in [9.17, 15) is 0 Å². The Bertz CT molecular complexity index is 167. The third-order valence-electron chi connectivity index (χ3n) is 2.51. The minimum atomic E-state index is 0.307. The van der Waals surface area contributed by atoms with Gasteiger partial charge in [0.2, 0.25) is 0 Å². The van der Waals surface area contributed by atoms with Crippen LogP contribution in [0.5, 0.6) is 0 Å². The Morgan fingerprint density at radius 2 is 2.15 bits per heavy atom. The van der Waals surface area contributed by atoms with Crippen molar-refractivity contribution in [2.24, 2.45) is 5.73 Å². The molecule has 13 heavy (non-hydrogen) atoms. The minimum absolute atomic E-state index is 0.307. The third kappa shape index (κ3) is 4.59. The Hall–Kier alpha value is -0.130. The molecule has 1 fully saturated rings. The van der Waals surface area contributed by atoms with Crippen LogP contribution in [0.15, 0.2) is 0 Å². The molecule has 0 saturated heterocycles. The second-order valence-corrected chi connectivity index (χ2v) is 5.08. The summed E-state index contributed by atoms with van der Waals surface area (Å²) in [5.41, 5.74) is 5.92. The van der Waals surface area contributed by atoms with Gasteiger partial charge < -0.3 is 5.73 Å². The van der Waals surface area contributed by atoms with Gasteiger partial charge in [-0.3, -0.25) is 0 Å². The van der Waals surface area contributed by atoms with E-state index in [-0.39, 0.29) is 0 Å². The number of terminal acetylenes is 1. The summed E-state index contributed by atoms with van der Waals surface area (Å²) in [6.45, 7) is 0. The maximum Gasteiger partial charge on any atom is 0.0139 e. The summed E-state index contributed by atoms with van der Waals surface area (Å²) in [6.07, 6.45) is 12.6. The topological polar surface area (TPSA) is 26.0 Å². The summed E-state index contributed by atoms with van der Waals surface area (Å²) in [7, 11) is 0. The first-order valence-corrected chi connectivity index (χ1v) is 6.18. The molecule has 1 nitrogen and oxygen atoms in total. The van der Waals surface area contributed by atoms with Crippen LogP contribution >= 0.6 is 11.8 Å². The van der Waals surface area contributed by atoms with Crippen molar-refractivity contribution in [2.75, 3.05) is 5.75 Å². The maximum atomic E-state index is 5.92. The van der Waals surface area contributed by atoms with Gasteiger partial charge in [0.1, 0.15) is 0 Å². The van der Waals surface area contributed by atoms with Gasteiger partial charge in [-0.1, -0.05) is 12.8 Å². The van der Waals surface area contributed by atoms with Gasteiger partial charge in [-0.15, -0.1) is 12.3 Å². The van der Waals surface area contributed by atoms with Crippen LogP contribution in [0.3, 0.4) is 0 Å². The standard InChI is InChI=1S/C11H19NS/c1-2-3-6-10(12)9-13-11-7-4-5-8-11/h1,10-11H,3-9,12H2. The molecule has 0 aromatic carbocycles. The fourth-order valence-electron chi connectivity index (χ4n) is 1.67. The van der Waals surface area contributed by atoms with E-state index in [2.05, 4.69) is 5.92 Å². The van der Waals surface area contributed by atoms with Crippen LogP contribution in [-0.4, -0.2) is 17.0 Å². The Morgan fingerprint density at radius 1 is 1.46 bits per heavy atom. The smallest absolute Gasteiger partial charge is 0.0139 e. The van der Waals surface area contributed by atoms with Crippen molar-refractivity contribution in [1.29, 1.82) is 0 Å². The average Bonchev–Trinajstić information content (AvgIpc) is 2.64. The molecule has 74 valence electrons. The van der Waals surface area contributed by atoms with E-state index < -0.39 is 0 Å². The second kappa shape index (κ2) is 6.34. The lowest BCUT2D eigenvalue weighted by Crippen LogP contribution is -2.23. The van der Waals surface area contributed by atoms with Gasteiger partial charge in [0.25, 0.3) is 0 Å². The highest BCUT2D eigenvalue weighted by Crippen LogP contribution is 2.29. The molecule has 0 bridgehead atoms. The molecule has 0 amide bonds. The van der Waals surface area contributed by atoms with Gasteiger partial charge in [-0.2, -0.15) is 11.8 Å². The summed E-state index contributed by atoms with van der Waals surface area (Å²) < 4.78 is 0. The molecule has 0 aromatic rings. The molecule has 0 spiro atoms. The average molecular weight is 197 g/mol. The van der Waals surface area contributed by atoms with Gasteiger partial charge in [0, 0.05) is 23.5 Å². The summed E-state index contributed by atoms with van der Waals surface area (Å²) in [5, 5.41) is 0.886. The Kier molecular flexibility index (Phi) is 5.34. The first-order chi connectivity index (χ1) is 6.33. The normalized spacial score (nSPS) is 20.0.